The number of nitrogens with zero attached hydrogens (tertiary/aromatic N) is 1. The van der Waals surface area contributed by atoms with Crippen LogP contribution < -0.4 is 0 Å². The molecule has 0 N–H and O–H groups in total. The molecule has 31 heavy (non-hydrogen) atoms. The summed E-state index contributed by atoms with van der Waals surface area (Å²) in [7, 11) is 0. The van der Waals surface area contributed by atoms with E-state index in [4.69, 9.17) is 9.47 Å². The molecule has 2 aromatic rings. The highest BCUT2D eigenvalue weighted by atomic mass is 127. The van der Waals surface area contributed by atoms with Crippen LogP contribution in [0.4, 0.5) is 0 Å². The largest absolute Gasteiger partial charge is 0.345 e. The molecular formula is C23H20INO6. The maximum absolute atomic E-state index is 13.6. The van der Waals surface area contributed by atoms with Crippen molar-refractivity contribution in [3.8, 4) is 0 Å². The van der Waals surface area contributed by atoms with Gasteiger partial charge in [0.1, 0.15) is 0 Å². The van der Waals surface area contributed by atoms with Gasteiger partial charge in [-0.25, -0.2) is 0 Å². The van der Waals surface area contributed by atoms with Crippen LogP contribution in [0.5, 0.6) is 0 Å². The Bertz CT molecular complexity index is 1070. The first-order valence-corrected chi connectivity index (χ1v) is 11.3. The molecular weight excluding hydrogens is 513 g/mol. The molecule has 2 heterocycles. The number of hydrogen-bond donors (Lipinski definition) is 0. The normalized spacial score (nSPS) is 32.7. The molecule has 5 rings (SSSR count). The van der Waals surface area contributed by atoms with Gasteiger partial charge in [-0.3, -0.25) is 19.7 Å². The fraction of sp³-hybridized carbons (Fsp3) is 0.391. The summed E-state index contributed by atoms with van der Waals surface area (Å²) in [6.45, 7) is 3.80. The second-order valence-electron chi connectivity index (χ2n) is 8.79. The van der Waals surface area contributed by atoms with Crippen molar-refractivity contribution in [2.75, 3.05) is 0 Å². The third-order valence-electron chi connectivity index (χ3n) is 6.71. The van der Waals surface area contributed by atoms with Gasteiger partial charge in [0.2, 0.25) is 11.6 Å². The van der Waals surface area contributed by atoms with E-state index >= 15 is 0 Å². The lowest BCUT2D eigenvalue weighted by Crippen LogP contribution is -2.66. The smallest absolute Gasteiger partial charge is 0.264 e. The molecule has 0 bridgehead atoms. The van der Waals surface area contributed by atoms with E-state index in [1.807, 2.05) is 32.0 Å². The molecule has 2 aliphatic heterocycles. The van der Waals surface area contributed by atoms with Crippen molar-refractivity contribution < 1.29 is 24.0 Å². The summed E-state index contributed by atoms with van der Waals surface area (Å²) >= 11 is 2.25. The van der Waals surface area contributed by atoms with Gasteiger partial charge < -0.3 is 9.47 Å². The summed E-state index contributed by atoms with van der Waals surface area (Å²) in [6.07, 6.45) is -0.916. The van der Waals surface area contributed by atoms with Gasteiger partial charge in [0, 0.05) is 25.9 Å². The van der Waals surface area contributed by atoms with E-state index in [1.54, 1.807) is 24.3 Å². The highest BCUT2D eigenvalue weighted by Gasteiger charge is 2.75. The maximum Gasteiger partial charge on any atom is 0.264 e. The number of carbonyl (C=O) groups is 2. The monoisotopic (exact) mass is 533 g/mol. The molecule has 0 radical (unpaired) electrons. The van der Waals surface area contributed by atoms with Crippen LogP contribution in [0.1, 0.15) is 46.0 Å². The first-order valence-electron chi connectivity index (χ1n) is 10.1. The van der Waals surface area contributed by atoms with Gasteiger partial charge in [-0.05, 0) is 19.4 Å². The van der Waals surface area contributed by atoms with Crippen molar-refractivity contribution in [1.29, 1.82) is 0 Å². The van der Waals surface area contributed by atoms with E-state index < -0.39 is 51.9 Å². The number of ketones is 2. The zero-order valence-corrected chi connectivity index (χ0v) is 19.0. The van der Waals surface area contributed by atoms with Gasteiger partial charge in [-0.1, -0.05) is 77.2 Å². The SMILES string of the molecule is CC1(C)O[C@@H]2OC3(C(=O)c4ccccc4C3=O)[C@@H]([N+](=O)[O-])[C@H](c3ccccc3)[C@H]2[C@@H]1I. The molecule has 0 saturated carbocycles. The Balaban J connectivity index is 1.76. The molecule has 5 atom stereocenters. The molecule has 0 amide bonds. The third-order valence-corrected chi connectivity index (χ3v) is 9.04. The van der Waals surface area contributed by atoms with E-state index in [1.165, 1.54) is 12.1 Å². The minimum Gasteiger partial charge on any atom is -0.345 e. The summed E-state index contributed by atoms with van der Waals surface area (Å²) in [6, 6.07) is 13.8. The van der Waals surface area contributed by atoms with Gasteiger partial charge in [0.25, 0.3) is 11.6 Å². The molecule has 1 aliphatic carbocycles. The second-order valence-corrected chi connectivity index (χ2v) is 10.1. The molecule has 160 valence electrons. The molecule has 3 aliphatic rings. The molecule has 2 saturated heterocycles. The van der Waals surface area contributed by atoms with Crippen molar-refractivity contribution in [2.24, 2.45) is 5.92 Å². The Morgan fingerprint density at radius 1 is 0.935 bits per heavy atom. The molecule has 0 aromatic heterocycles. The first-order chi connectivity index (χ1) is 14.7. The molecule has 7 nitrogen and oxygen atoms in total. The Hall–Kier alpha value is -2.17. The maximum atomic E-state index is 13.6. The van der Waals surface area contributed by atoms with Gasteiger partial charge >= 0.3 is 0 Å². The number of Topliss-reactive ketones (excluding diaryl/α,β-unsaturated/α-hetero) is 2. The van der Waals surface area contributed by atoms with E-state index in [9.17, 15) is 19.7 Å². The van der Waals surface area contributed by atoms with Crippen LogP contribution >= 0.6 is 22.6 Å². The van der Waals surface area contributed by atoms with Crippen molar-refractivity contribution >= 4 is 34.2 Å². The highest BCUT2D eigenvalue weighted by Crippen LogP contribution is 2.57. The average molecular weight is 533 g/mol. The van der Waals surface area contributed by atoms with Gasteiger partial charge in [-0.2, -0.15) is 0 Å². The fourth-order valence-electron chi connectivity index (χ4n) is 5.33. The number of hydrogen-bond acceptors (Lipinski definition) is 6. The van der Waals surface area contributed by atoms with Crippen molar-refractivity contribution in [3.05, 3.63) is 81.4 Å². The van der Waals surface area contributed by atoms with Gasteiger partial charge in [0.15, 0.2) is 6.29 Å². The Kier molecular flexibility index (Phi) is 4.62. The fourth-order valence-corrected chi connectivity index (χ4v) is 6.27. The van der Waals surface area contributed by atoms with Crippen LogP contribution in [0.15, 0.2) is 54.6 Å². The summed E-state index contributed by atoms with van der Waals surface area (Å²) in [5.41, 5.74) is -1.87. The lowest BCUT2D eigenvalue weighted by molar-refractivity contribution is -0.554. The summed E-state index contributed by atoms with van der Waals surface area (Å²) in [5.74, 6) is -2.45. The van der Waals surface area contributed by atoms with Crippen LogP contribution in [-0.2, 0) is 9.47 Å². The molecule has 2 fully saturated rings. The predicted molar refractivity (Wildman–Crippen MR) is 119 cm³/mol. The molecule has 0 unspecified atom stereocenters. The number of carbonyl (C=O) groups excluding carboxylic acids is 2. The van der Waals surface area contributed by atoms with E-state index in [2.05, 4.69) is 22.6 Å². The Morgan fingerprint density at radius 3 is 2.03 bits per heavy atom. The number of halogens is 1. The van der Waals surface area contributed by atoms with E-state index in [-0.39, 0.29) is 15.1 Å². The highest BCUT2D eigenvalue weighted by molar-refractivity contribution is 14.1. The van der Waals surface area contributed by atoms with Crippen LogP contribution in [0.25, 0.3) is 0 Å². The Morgan fingerprint density at radius 2 is 1.48 bits per heavy atom. The van der Waals surface area contributed by atoms with Crippen LogP contribution in [0.2, 0.25) is 0 Å². The second kappa shape index (κ2) is 6.91. The van der Waals surface area contributed by atoms with Crippen LogP contribution in [-0.4, -0.2) is 43.9 Å². The van der Waals surface area contributed by atoms with E-state index in [0.29, 0.717) is 5.56 Å². The van der Waals surface area contributed by atoms with Crippen LogP contribution in [0, 0.1) is 16.0 Å². The van der Waals surface area contributed by atoms with Crippen LogP contribution in [0.3, 0.4) is 0 Å². The summed E-state index contributed by atoms with van der Waals surface area (Å²) in [5, 5.41) is 12.6. The standard InChI is InChI=1S/C23H20INO6/c1-22(2)17(24)16-15(12-8-4-3-5-9-12)18(25(28)29)23(31-21(16)30-22)19(26)13-10-6-7-11-14(13)20(23)27/h3-11,15-18,21H,1-2H3/t15-,16+,17+,18+,21-/m1/s1. The number of ether oxygens (including phenoxy) is 2. The zero-order chi connectivity index (χ0) is 22.1. The quantitative estimate of drug-likeness (QED) is 0.192. The molecule has 8 heteroatoms. The summed E-state index contributed by atoms with van der Waals surface area (Å²) in [4.78, 5) is 39.3. The topological polar surface area (TPSA) is 95.7 Å². The van der Waals surface area contributed by atoms with Crippen molar-refractivity contribution in [2.45, 2.75) is 47.2 Å². The first kappa shape index (κ1) is 20.7. The molecule has 2 aromatic carbocycles. The Labute approximate surface area is 192 Å². The number of fused-ring (bicyclic) bond motifs is 2. The minimum atomic E-state index is -2.24. The number of benzene rings is 2. The number of rotatable bonds is 2. The number of alkyl halides is 1. The lowest BCUT2D eigenvalue weighted by Gasteiger charge is -2.44. The van der Waals surface area contributed by atoms with Gasteiger partial charge in [0.05, 0.1) is 11.5 Å². The zero-order valence-electron chi connectivity index (χ0n) is 16.9. The average Bonchev–Trinajstić information content (AvgIpc) is 3.10. The lowest BCUT2D eigenvalue weighted by atomic mass is 9.68. The third kappa shape index (κ3) is 2.71. The molecule has 1 spiro atoms. The van der Waals surface area contributed by atoms with Crippen molar-refractivity contribution in [1.82, 2.24) is 0 Å². The minimum absolute atomic E-state index is 0.130. The van der Waals surface area contributed by atoms with E-state index in [0.717, 1.165) is 0 Å². The number of nitro groups is 1. The predicted octanol–water partition coefficient (Wildman–Crippen LogP) is 3.82. The summed E-state index contributed by atoms with van der Waals surface area (Å²) < 4.78 is 12.2. The van der Waals surface area contributed by atoms with Crippen molar-refractivity contribution in [3.63, 3.8) is 0 Å². The van der Waals surface area contributed by atoms with Gasteiger partial charge in [-0.15, -0.1) is 0 Å².